The minimum absolute atomic E-state index is 0.119. The van der Waals surface area contributed by atoms with Crippen LogP contribution >= 0.6 is 0 Å². The van der Waals surface area contributed by atoms with Gasteiger partial charge in [0, 0.05) is 12.1 Å². The Morgan fingerprint density at radius 3 is 2.76 bits per heavy atom. The van der Waals surface area contributed by atoms with E-state index in [1.807, 2.05) is 7.05 Å². The first-order valence-corrected chi connectivity index (χ1v) is 9.47. The number of rotatable bonds is 6. The molecule has 1 aromatic heterocycles. The van der Waals surface area contributed by atoms with Gasteiger partial charge in [-0.2, -0.15) is 0 Å². The Hall–Kier alpha value is -0.850. The van der Waals surface area contributed by atoms with Gasteiger partial charge in [-0.3, -0.25) is 4.90 Å². The summed E-state index contributed by atoms with van der Waals surface area (Å²) in [5, 5.41) is 3.46. The van der Waals surface area contributed by atoms with Crippen LogP contribution in [-0.4, -0.2) is 44.0 Å². The lowest BCUT2D eigenvalue weighted by molar-refractivity contribution is 0.231. The molecular weight excluding hydrogens is 288 g/mol. The van der Waals surface area contributed by atoms with Gasteiger partial charge in [0.05, 0.1) is 24.6 Å². The molecule has 0 spiro atoms. The Morgan fingerprint density at radius 1 is 1.38 bits per heavy atom. The maximum absolute atomic E-state index is 11.6. The van der Waals surface area contributed by atoms with Crippen molar-refractivity contribution in [1.29, 1.82) is 0 Å². The quantitative estimate of drug-likeness (QED) is 0.861. The van der Waals surface area contributed by atoms with Gasteiger partial charge in [0.15, 0.2) is 9.84 Å². The maximum Gasteiger partial charge on any atom is 0.151 e. The van der Waals surface area contributed by atoms with Crippen molar-refractivity contribution in [2.24, 2.45) is 0 Å². The summed E-state index contributed by atoms with van der Waals surface area (Å²) in [4.78, 5) is 2.10. The van der Waals surface area contributed by atoms with Crippen LogP contribution in [0.3, 0.4) is 0 Å². The van der Waals surface area contributed by atoms with Gasteiger partial charge in [-0.25, -0.2) is 8.42 Å². The monoisotopic (exact) mass is 312 g/mol. The maximum atomic E-state index is 11.6. The van der Waals surface area contributed by atoms with E-state index in [2.05, 4.69) is 23.2 Å². The molecule has 21 heavy (non-hydrogen) atoms. The van der Waals surface area contributed by atoms with E-state index >= 15 is 0 Å². The zero-order valence-corrected chi connectivity index (χ0v) is 13.6. The molecule has 1 aliphatic heterocycles. The minimum Gasteiger partial charge on any atom is -0.463 e. The second-order valence-electron chi connectivity index (χ2n) is 6.45. The van der Waals surface area contributed by atoms with Gasteiger partial charge in [0.2, 0.25) is 0 Å². The molecule has 1 unspecified atom stereocenters. The zero-order valence-electron chi connectivity index (χ0n) is 12.8. The summed E-state index contributed by atoms with van der Waals surface area (Å²) in [5.74, 6) is 2.52. The van der Waals surface area contributed by atoms with E-state index in [0.717, 1.165) is 24.5 Å². The topological polar surface area (TPSA) is 62.6 Å². The van der Waals surface area contributed by atoms with Crippen LogP contribution in [0, 0.1) is 6.92 Å². The van der Waals surface area contributed by atoms with E-state index < -0.39 is 9.84 Å². The molecule has 2 heterocycles. The van der Waals surface area contributed by atoms with Gasteiger partial charge in [-0.15, -0.1) is 0 Å². The Morgan fingerprint density at radius 2 is 2.14 bits per heavy atom. The van der Waals surface area contributed by atoms with Gasteiger partial charge in [0.25, 0.3) is 0 Å². The number of hydrogen-bond acceptors (Lipinski definition) is 5. The Kier molecular flexibility index (Phi) is 4.12. The number of sulfone groups is 1. The standard InChI is InChI=1S/C15H24N2O3S/c1-11-7-14(20-15(11)8-16-12-3-4-12)9-17(2)13-5-6-21(18,19)10-13/h7,12-13,16H,3-6,8-10H2,1-2H3. The average Bonchev–Trinajstić information content (AvgIpc) is 3.07. The number of nitrogens with one attached hydrogen (secondary N) is 1. The first-order chi connectivity index (χ1) is 9.93. The van der Waals surface area contributed by atoms with E-state index in [0.29, 0.717) is 18.3 Å². The minimum atomic E-state index is -2.83. The summed E-state index contributed by atoms with van der Waals surface area (Å²) in [6.45, 7) is 3.53. The summed E-state index contributed by atoms with van der Waals surface area (Å²) in [5.41, 5.74) is 1.17. The van der Waals surface area contributed by atoms with E-state index in [9.17, 15) is 8.42 Å². The Bertz CT molecular complexity index is 604. The lowest BCUT2D eigenvalue weighted by Gasteiger charge is -2.21. The third-order valence-electron chi connectivity index (χ3n) is 4.44. The Balaban J connectivity index is 1.57. The van der Waals surface area contributed by atoms with Crippen LogP contribution in [-0.2, 0) is 22.9 Å². The number of aryl methyl sites for hydroxylation is 1. The fourth-order valence-electron chi connectivity index (χ4n) is 2.87. The van der Waals surface area contributed by atoms with E-state index in [1.54, 1.807) is 0 Å². The number of furan rings is 1. The van der Waals surface area contributed by atoms with E-state index in [4.69, 9.17) is 4.42 Å². The summed E-state index contributed by atoms with van der Waals surface area (Å²) in [6, 6.07) is 2.86. The van der Waals surface area contributed by atoms with Crippen LogP contribution in [0.15, 0.2) is 10.5 Å². The van der Waals surface area contributed by atoms with Crippen molar-refractivity contribution in [3.05, 3.63) is 23.2 Å². The van der Waals surface area contributed by atoms with Crippen LogP contribution in [0.2, 0.25) is 0 Å². The zero-order chi connectivity index (χ0) is 15.0. The first kappa shape index (κ1) is 15.1. The molecule has 1 atom stereocenters. The highest BCUT2D eigenvalue weighted by Gasteiger charge is 2.31. The smallest absolute Gasteiger partial charge is 0.151 e. The van der Waals surface area contributed by atoms with Gasteiger partial charge in [-0.05, 0) is 44.9 Å². The van der Waals surface area contributed by atoms with E-state index in [1.165, 1.54) is 18.4 Å². The molecule has 1 aliphatic carbocycles. The lowest BCUT2D eigenvalue weighted by atomic mass is 10.2. The molecular formula is C15H24N2O3S. The largest absolute Gasteiger partial charge is 0.463 e. The second-order valence-corrected chi connectivity index (χ2v) is 8.67. The highest BCUT2D eigenvalue weighted by molar-refractivity contribution is 7.91. The predicted octanol–water partition coefficient (Wildman–Crippen LogP) is 1.46. The van der Waals surface area contributed by atoms with Crippen molar-refractivity contribution in [3.8, 4) is 0 Å². The predicted molar refractivity (Wildman–Crippen MR) is 81.8 cm³/mol. The van der Waals surface area contributed by atoms with E-state index in [-0.39, 0.29) is 11.8 Å². The molecule has 0 aromatic carbocycles. The summed E-state index contributed by atoms with van der Waals surface area (Å²) in [6.07, 6.45) is 3.27. The average molecular weight is 312 g/mol. The number of hydrogen-bond donors (Lipinski definition) is 1. The van der Waals surface area contributed by atoms with Crippen molar-refractivity contribution in [2.45, 2.75) is 51.4 Å². The van der Waals surface area contributed by atoms with Crippen LogP contribution in [0.4, 0.5) is 0 Å². The molecule has 1 saturated heterocycles. The van der Waals surface area contributed by atoms with Crippen LogP contribution in [0.1, 0.15) is 36.3 Å². The first-order valence-electron chi connectivity index (χ1n) is 7.65. The molecule has 0 radical (unpaired) electrons. The van der Waals surface area contributed by atoms with Crippen molar-refractivity contribution in [2.75, 3.05) is 18.6 Å². The molecule has 3 rings (SSSR count). The van der Waals surface area contributed by atoms with Crippen LogP contribution in [0.25, 0.3) is 0 Å². The van der Waals surface area contributed by atoms with Gasteiger partial charge in [-0.1, -0.05) is 0 Å². The molecule has 5 nitrogen and oxygen atoms in total. The molecule has 118 valence electrons. The summed E-state index contributed by atoms with van der Waals surface area (Å²) < 4.78 is 29.0. The highest BCUT2D eigenvalue weighted by atomic mass is 32.2. The lowest BCUT2D eigenvalue weighted by Crippen LogP contribution is -2.31. The normalized spacial score (nSPS) is 24.8. The summed E-state index contributed by atoms with van der Waals surface area (Å²) >= 11 is 0. The second kappa shape index (κ2) is 5.74. The summed E-state index contributed by atoms with van der Waals surface area (Å²) in [7, 11) is -0.852. The molecule has 2 fully saturated rings. The molecule has 1 saturated carbocycles. The molecule has 1 aromatic rings. The number of nitrogens with zero attached hydrogens (tertiary/aromatic N) is 1. The van der Waals surface area contributed by atoms with Crippen molar-refractivity contribution >= 4 is 9.84 Å². The molecule has 0 amide bonds. The van der Waals surface area contributed by atoms with Crippen LogP contribution in [0.5, 0.6) is 0 Å². The molecule has 6 heteroatoms. The van der Waals surface area contributed by atoms with Crippen molar-refractivity contribution in [1.82, 2.24) is 10.2 Å². The van der Waals surface area contributed by atoms with Crippen molar-refractivity contribution < 1.29 is 12.8 Å². The molecule has 0 bridgehead atoms. The SMILES string of the molecule is Cc1cc(CN(C)C2CCS(=O)(=O)C2)oc1CNC1CC1. The highest BCUT2D eigenvalue weighted by Crippen LogP contribution is 2.23. The van der Waals surface area contributed by atoms with Crippen molar-refractivity contribution in [3.63, 3.8) is 0 Å². The van der Waals surface area contributed by atoms with Gasteiger partial charge in [0.1, 0.15) is 11.5 Å². The Labute approximate surface area is 126 Å². The third kappa shape index (κ3) is 3.87. The fourth-order valence-corrected chi connectivity index (χ4v) is 4.67. The third-order valence-corrected chi connectivity index (χ3v) is 6.19. The molecule has 1 N–H and O–H groups in total. The van der Waals surface area contributed by atoms with Gasteiger partial charge >= 0.3 is 0 Å². The molecule has 2 aliphatic rings. The van der Waals surface area contributed by atoms with Crippen LogP contribution < -0.4 is 5.32 Å². The fraction of sp³-hybridized carbons (Fsp3) is 0.733. The van der Waals surface area contributed by atoms with Gasteiger partial charge < -0.3 is 9.73 Å².